The Labute approximate surface area is 67.9 Å². The molecule has 0 spiro atoms. The first-order valence-electron chi connectivity index (χ1n) is 3.77. The van der Waals surface area contributed by atoms with Gasteiger partial charge in [0.15, 0.2) is 0 Å². The zero-order valence-electron chi connectivity index (χ0n) is 7.05. The number of nitrogens with two attached hydrogens (primary N) is 1. The Bertz CT molecular complexity index is 134. The summed E-state index contributed by atoms with van der Waals surface area (Å²) in [4.78, 5) is 12.8. The predicted molar refractivity (Wildman–Crippen MR) is 46.1 cm³/mol. The third-order valence-corrected chi connectivity index (χ3v) is 1.45. The van der Waals surface area contributed by atoms with Crippen LogP contribution in [-0.2, 0) is 4.79 Å². The lowest BCUT2D eigenvalue weighted by Crippen LogP contribution is -2.31. The molecular weight excluding hydrogens is 140 g/mol. The lowest BCUT2D eigenvalue weighted by atomic mass is 10.3. The molecule has 0 saturated heterocycles. The Hall–Kier alpha value is -0.830. The van der Waals surface area contributed by atoms with E-state index < -0.39 is 0 Å². The summed E-state index contributed by atoms with van der Waals surface area (Å²) in [5.74, 6) is 0.135. The summed E-state index contributed by atoms with van der Waals surface area (Å²) in [5.41, 5.74) is 5.28. The number of hydrogen-bond acceptors (Lipinski definition) is 2. The van der Waals surface area contributed by atoms with Gasteiger partial charge in [-0.05, 0) is 6.42 Å². The van der Waals surface area contributed by atoms with Crippen molar-refractivity contribution in [3.8, 4) is 0 Å². The molecular formula is C8H16N2O. The highest BCUT2D eigenvalue weighted by Crippen LogP contribution is 1.94. The molecule has 0 aromatic carbocycles. The van der Waals surface area contributed by atoms with E-state index in [9.17, 15) is 4.79 Å². The fourth-order valence-electron chi connectivity index (χ4n) is 0.735. The highest BCUT2D eigenvalue weighted by molar-refractivity contribution is 5.75. The summed E-state index contributed by atoms with van der Waals surface area (Å²) >= 11 is 0. The van der Waals surface area contributed by atoms with E-state index in [4.69, 9.17) is 5.73 Å². The maximum atomic E-state index is 11.1. The van der Waals surface area contributed by atoms with Gasteiger partial charge in [0.05, 0.1) is 0 Å². The van der Waals surface area contributed by atoms with E-state index in [-0.39, 0.29) is 5.91 Å². The molecule has 0 atom stereocenters. The van der Waals surface area contributed by atoms with Crippen molar-refractivity contribution in [2.75, 3.05) is 20.1 Å². The van der Waals surface area contributed by atoms with Gasteiger partial charge >= 0.3 is 0 Å². The molecule has 11 heavy (non-hydrogen) atoms. The van der Waals surface area contributed by atoms with Gasteiger partial charge in [-0.3, -0.25) is 4.79 Å². The summed E-state index contributed by atoms with van der Waals surface area (Å²) in [6, 6.07) is 0. The van der Waals surface area contributed by atoms with Gasteiger partial charge in [0.2, 0.25) is 5.91 Å². The van der Waals surface area contributed by atoms with Crippen molar-refractivity contribution in [3.05, 3.63) is 12.7 Å². The predicted octanol–water partition coefficient (Wildman–Crippen LogP) is 0.370. The van der Waals surface area contributed by atoms with Crippen molar-refractivity contribution in [3.63, 3.8) is 0 Å². The molecule has 0 bridgehead atoms. The van der Waals surface area contributed by atoms with E-state index in [1.165, 1.54) is 0 Å². The van der Waals surface area contributed by atoms with Crippen LogP contribution in [0.4, 0.5) is 0 Å². The molecule has 3 nitrogen and oxygen atoms in total. The van der Waals surface area contributed by atoms with Crippen LogP contribution in [0.15, 0.2) is 12.7 Å². The van der Waals surface area contributed by atoms with E-state index in [0.29, 0.717) is 19.5 Å². The van der Waals surface area contributed by atoms with Crippen LogP contribution < -0.4 is 5.73 Å². The number of rotatable bonds is 5. The molecule has 0 heterocycles. The van der Waals surface area contributed by atoms with Gasteiger partial charge in [0, 0.05) is 26.6 Å². The minimum absolute atomic E-state index is 0.135. The number of nitrogens with zero attached hydrogens (tertiary/aromatic N) is 1. The van der Waals surface area contributed by atoms with Crippen LogP contribution >= 0.6 is 0 Å². The quantitative estimate of drug-likeness (QED) is 0.584. The number of allylic oxidation sites excluding steroid dienone is 1. The first-order valence-corrected chi connectivity index (χ1v) is 3.77. The Balaban J connectivity index is 3.54. The first-order chi connectivity index (χ1) is 5.22. The van der Waals surface area contributed by atoms with Crippen LogP contribution in [0.2, 0.25) is 0 Å². The van der Waals surface area contributed by atoms with E-state index in [1.807, 2.05) is 0 Å². The molecule has 0 radical (unpaired) electrons. The molecule has 0 rings (SSSR count). The van der Waals surface area contributed by atoms with E-state index in [0.717, 1.165) is 6.42 Å². The minimum atomic E-state index is 0.135. The average molecular weight is 156 g/mol. The first kappa shape index (κ1) is 10.2. The third kappa shape index (κ3) is 4.56. The molecule has 0 unspecified atom stereocenters. The van der Waals surface area contributed by atoms with Crippen LogP contribution in [0.3, 0.4) is 0 Å². The molecule has 0 aliphatic heterocycles. The Morgan fingerprint density at radius 2 is 2.36 bits per heavy atom. The van der Waals surface area contributed by atoms with Gasteiger partial charge in [-0.2, -0.15) is 0 Å². The number of amides is 1. The van der Waals surface area contributed by atoms with Gasteiger partial charge in [0.25, 0.3) is 0 Å². The fraction of sp³-hybridized carbons (Fsp3) is 0.625. The SMILES string of the molecule is C=CCCC(=O)N(C)CCN. The number of likely N-dealkylation sites (N-methyl/N-ethyl adjacent to an activating group) is 1. The van der Waals surface area contributed by atoms with Gasteiger partial charge in [-0.25, -0.2) is 0 Å². The highest BCUT2D eigenvalue weighted by Gasteiger charge is 2.04. The molecule has 0 fully saturated rings. The van der Waals surface area contributed by atoms with Gasteiger partial charge in [0.1, 0.15) is 0 Å². The normalized spacial score (nSPS) is 9.27. The minimum Gasteiger partial charge on any atom is -0.344 e. The van der Waals surface area contributed by atoms with Crippen molar-refractivity contribution >= 4 is 5.91 Å². The standard InChI is InChI=1S/C8H16N2O/c1-3-4-5-8(11)10(2)7-6-9/h3H,1,4-7,9H2,2H3. The molecule has 0 aromatic rings. The van der Waals surface area contributed by atoms with Gasteiger partial charge in [-0.1, -0.05) is 6.08 Å². The molecule has 0 saturated carbocycles. The molecule has 1 amide bonds. The molecule has 0 aromatic heterocycles. The fourth-order valence-corrected chi connectivity index (χ4v) is 0.735. The number of carbonyl (C=O) groups excluding carboxylic acids is 1. The molecule has 0 aliphatic carbocycles. The summed E-state index contributed by atoms with van der Waals surface area (Å²) in [6.07, 6.45) is 3.03. The smallest absolute Gasteiger partial charge is 0.222 e. The van der Waals surface area contributed by atoms with Crippen LogP contribution in [0, 0.1) is 0 Å². The van der Waals surface area contributed by atoms with Crippen molar-refractivity contribution in [1.82, 2.24) is 4.90 Å². The lowest BCUT2D eigenvalue weighted by molar-refractivity contribution is -0.129. The van der Waals surface area contributed by atoms with Crippen molar-refractivity contribution < 1.29 is 4.79 Å². The van der Waals surface area contributed by atoms with Crippen molar-refractivity contribution in [2.45, 2.75) is 12.8 Å². The van der Waals surface area contributed by atoms with Gasteiger partial charge < -0.3 is 10.6 Å². The second kappa shape index (κ2) is 5.92. The van der Waals surface area contributed by atoms with Crippen molar-refractivity contribution in [2.24, 2.45) is 5.73 Å². The molecule has 2 N–H and O–H groups in total. The van der Waals surface area contributed by atoms with E-state index in [1.54, 1.807) is 18.0 Å². The number of carbonyl (C=O) groups is 1. The summed E-state index contributed by atoms with van der Waals surface area (Å²) in [6.45, 7) is 4.70. The van der Waals surface area contributed by atoms with E-state index >= 15 is 0 Å². The van der Waals surface area contributed by atoms with Crippen LogP contribution in [0.5, 0.6) is 0 Å². The van der Waals surface area contributed by atoms with Gasteiger partial charge in [-0.15, -0.1) is 6.58 Å². The summed E-state index contributed by atoms with van der Waals surface area (Å²) in [7, 11) is 1.76. The highest BCUT2D eigenvalue weighted by atomic mass is 16.2. The molecule has 64 valence electrons. The Morgan fingerprint density at radius 3 is 2.82 bits per heavy atom. The largest absolute Gasteiger partial charge is 0.344 e. The van der Waals surface area contributed by atoms with Crippen LogP contribution in [0.1, 0.15) is 12.8 Å². The summed E-state index contributed by atoms with van der Waals surface area (Å²) in [5, 5.41) is 0. The second-order valence-corrected chi connectivity index (χ2v) is 2.43. The Kier molecular flexibility index (Phi) is 5.47. The van der Waals surface area contributed by atoms with Crippen molar-refractivity contribution in [1.29, 1.82) is 0 Å². The van der Waals surface area contributed by atoms with Crippen LogP contribution in [-0.4, -0.2) is 30.9 Å². The maximum absolute atomic E-state index is 11.1. The zero-order valence-corrected chi connectivity index (χ0v) is 7.05. The zero-order chi connectivity index (χ0) is 8.69. The van der Waals surface area contributed by atoms with Crippen LogP contribution in [0.25, 0.3) is 0 Å². The third-order valence-electron chi connectivity index (χ3n) is 1.45. The Morgan fingerprint density at radius 1 is 1.73 bits per heavy atom. The molecule has 3 heteroatoms. The summed E-state index contributed by atoms with van der Waals surface area (Å²) < 4.78 is 0. The second-order valence-electron chi connectivity index (χ2n) is 2.43. The van der Waals surface area contributed by atoms with E-state index in [2.05, 4.69) is 6.58 Å². The lowest BCUT2D eigenvalue weighted by Gasteiger charge is -2.14. The number of hydrogen-bond donors (Lipinski definition) is 1. The maximum Gasteiger partial charge on any atom is 0.222 e. The monoisotopic (exact) mass is 156 g/mol. The topological polar surface area (TPSA) is 46.3 Å². The molecule has 0 aliphatic rings. The average Bonchev–Trinajstić information content (AvgIpc) is 2.00.